The molecule has 112 valence electrons. The minimum atomic E-state index is -3.70. The van der Waals surface area contributed by atoms with Crippen LogP contribution in [0.1, 0.15) is 41.8 Å². The Labute approximate surface area is 123 Å². The van der Waals surface area contributed by atoms with Gasteiger partial charge in [0.2, 0.25) is 0 Å². The molecule has 1 fully saturated rings. The van der Waals surface area contributed by atoms with Gasteiger partial charge in [0.15, 0.2) is 0 Å². The molecule has 0 spiro atoms. The molecule has 1 aliphatic carbocycles. The zero-order valence-corrected chi connectivity index (χ0v) is 13.0. The largest absolute Gasteiger partial charge is 0.465 e. The molecule has 2 aromatic heterocycles. The summed E-state index contributed by atoms with van der Waals surface area (Å²) in [6.07, 6.45) is 2.20. The third-order valence-electron chi connectivity index (χ3n) is 3.38. The molecule has 0 aliphatic heterocycles. The third kappa shape index (κ3) is 2.92. The summed E-state index contributed by atoms with van der Waals surface area (Å²) in [7, 11) is -3.70. The molecule has 0 bridgehead atoms. The van der Waals surface area contributed by atoms with E-state index in [9.17, 15) is 8.42 Å². The second-order valence-electron chi connectivity index (χ2n) is 5.38. The molecule has 0 atom stereocenters. The van der Waals surface area contributed by atoms with Gasteiger partial charge < -0.3 is 4.42 Å². The van der Waals surface area contributed by atoms with E-state index < -0.39 is 10.0 Å². The highest BCUT2D eigenvalue weighted by Gasteiger charge is 2.27. The summed E-state index contributed by atoms with van der Waals surface area (Å²) in [6.45, 7) is 5.10. The molecule has 0 aromatic carbocycles. The zero-order valence-electron chi connectivity index (χ0n) is 12.2. The van der Waals surface area contributed by atoms with E-state index in [2.05, 4.69) is 14.7 Å². The highest BCUT2D eigenvalue weighted by molar-refractivity contribution is 7.92. The van der Waals surface area contributed by atoms with Crippen molar-refractivity contribution in [3.63, 3.8) is 0 Å². The molecule has 2 heterocycles. The van der Waals surface area contributed by atoms with Crippen LogP contribution in [0.5, 0.6) is 0 Å². The highest BCUT2D eigenvalue weighted by Crippen LogP contribution is 2.39. The molecule has 0 radical (unpaired) electrons. The molecule has 1 N–H and O–H groups in total. The van der Waals surface area contributed by atoms with Crippen molar-refractivity contribution in [1.29, 1.82) is 0 Å². The average Bonchev–Trinajstić information content (AvgIpc) is 3.13. The summed E-state index contributed by atoms with van der Waals surface area (Å²) in [6, 6.07) is 3.22. The minimum absolute atomic E-state index is 0.143. The monoisotopic (exact) mass is 307 g/mol. The maximum atomic E-state index is 12.4. The standard InChI is InChI=1S/C14H17N3O3S/c1-8-6-13(9(2)20-8)21(18,19)17-14-7-12(11-4-5-11)15-10(3)16-14/h6-7,11H,4-5H2,1-3H3,(H,15,16,17). The molecule has 1 aliphatic rings. The van der Waals surface area contributed by atoms with Crippen LogP contribution in [0.2, 0.25) is 0 Å². The van der Waals surface area contributed by atoms with Crippen molar-refractivity contribution in [2.24, 2.45) is 0 Å². The number of aryl methyl sites for hydroxylation is 3. The van der Waals surface area contributed by atoms with Gasteiger partial charge in [-0.1, -0.05) is 0 Å². The van der Waals surface area contributed by atoms with Gasteiger partial charge in [0.1, 0.15) is 28.1 Å². The van der Waals surface area contributed by atoms with Crippen molar-refractivity contribution in [2.45, 2.75) is 44.4 Å². The van der Waals surface area contributed by atoms with E-state index in [0.29, 0.717) is 29.1 Å². The second-order valence-corrected chi connectivity index (χ2v) is 7.03. The zero-order chi connectivity index (χ0) is 15.2. The Kier molecular flexibility index (Phi) is 3.24. The SMILES string of the molecule is Cc1nc(NS(=O)(=O)c2cc(C)oc2C)cc(C2CC2)n1. The smallest absolute Gasteiger partial charge is 0.266 e. The van der Waals surface area contributed by atoms with Gasteiger partial charge in [-0.15, -0.1) is 0 Å². The number of rotatable bonds is 4. The lowest BCUT2D eigenvalue weighted by Crippen LogP contribution is -2.15. The van der Waals surface area contributed by atoms with Gasteiger partial charge in [-0.05, 0) is 33.6 Å². The average molecular weight is 307 g/mol. The lowest BCUT2D eigenvalue weighted by Gasteiger charge is -2.08. The van der Waals surface area contributed by atoms with E-state index in [4.69, 9.17) is 4.42 Å². The van der Waals surface area contributed by atoms with Crippen molar-refractivity contribution < 1.29 is 12.8 Å². The molecular formula is C14H17N3O3S. The van der Waals surface area contributed by atoms with E-state index in [1.165, 1.54) is 6.07 Å². The predicted octanol–water partition coefficient (Wildman–Crippen LogP) is 2.67. The van der Waals surface area contributed by atoms with E-state index in [1.807, 2.05) is 0 Å². The third-order valence-corrected chi connectivity index (χ3v) is 4.84. The number of sulfonamides is 1. The van der Waals surface area contributed by atoms with Crippen molar-refractivity contribution in [2.75, 3.05) is 4.72 Å². The maximum absolute atomic E-state index is 12.4. The number of nitrogens with zero attached hydrogens (tertiary/aromatic N) is 2. The van der Waals surface area contributed by atoms with Crippen molar-refractivity contribution in [1.82, 2.24) is 9.97 Å². The molecule has 7 heteroatoms. The molecule has 6 nitrogen and oxygen atoms in total. The molecule has 0 saturated heterocycles. The molecule has 3 rings (SSSR count). The van der Waals surface area contributed by atoms with Crippen LogP contribution in [0.3, 0.4) is 0 Å². The van der Waals surface area contributed by atoms with Crippen LogP contribution >= 0.6 is 0 Å². The summed E-state index contributed by atoms with van der Waals surface area (Å²) < 4.78 is 32.6. The highest BCUT2D eigenvalue weighted by atomic mass is 32.2. The summed E-state index contributed by atoms with van der Waals surface area (Å²) in [4.78, 5) is 8.66. The van der Waals surface area contributed by atoms with E-state index in [1.54, 1.807) is 26.8 Å². The summed E-state index contributed by atoms with van der Waals surface area (Å²) in [5.41, 5.74) is 0.903. The van der Waals surface area contributed by atoms with Crippen LogP contribution < -0.4 is 4.72 Å². The normalized spacial score (nSPS) is 15.2. The molecule has 21 heavy (non-hydrogen) atoms. The van der Waals surface area contributed by atoms with Gasteiger partial charge in [-0.2, -0.15) is 0 Å². The fourth-order valence-electron chi connectivity index (χ4n) is 2.30. The minimum Gasteiger partial charge on any atom is -0.465 e. The summed E-state index contributed by atoms with van der Waals surface area (Å²) in [5, 5.41) is 0. The molecular weight excluding hydrogens is 290 g/mol. The number of nitrogens with one attached hydrogen (secondary N) is 1. The fraction of sp³-hybridized carbons (Fsp3) is 0.429. The van der Waals surface area contributed by atoms with Crippen LogP contribution in [0.25, 0.3) is 0 Å². The number of hydrogen-bond donors (Lipinski definition) is 1. The number of hydrogen-bond acceptors (Lipinski definition) is 5. The van der Waals surface area contributed by atoms with Gasteiger partial charge in [-0.25, -0.2) is 18.4 Å². The fourth-order valence-corrected chi connectivity index (χ4v) is 3.53. The van der Waals surface area contributed by atoms with Gasteiger partial charge in [0, 0.05) is 23.7 Å². The van der Waals surface area contributed by atoms with Crippen molar-refractivity contribution in [3.8, 4) is 0 Å². The van der Waals surface area contributed by atoms with Gasteiger partial charge in [-0.3, -0.25) is 4.72 Å². The number of aromatic nitrogens is 2. The van der Waals surface area contributed by atoms with Crippen LogP contribution in [-0.4, -0.2) is 18.4 Å². The number of anilines is 1. The quantitative estimate of drug-likeness (QED) is 0.938. The first-order valence-electron chi connectivity index (χ1n) is 6.80. The first kappa shape index (κ1) is 14.1. The second kappa shape index (κ2) is 4.84. The van der Waals surface area contributed by atoms with Crippen LogP contribution in [0, 0.1) is 20.8 Å². The number of furan rings is 1. The first-order valence-corrected chi connectivity index (χ1v) is 8.29. The van der Waals surface area contributed by atoms with E-state index >= 15 is 0 Å². The Morgan fingerprint density at radius 1 is 1.19 bits per heavy atom. The molecule has 0 amide bonds. The van der Waals surface area contributed by atoms with Crippen molar-refractivity contribution in [3.05, 3.63) is 35.2 Å². The van der Waals surface area contributed by atoms with Gasteiger partial charge >= 0.3 is 0 Å². The summed E-state index contributed by atoms with van der Waals surface area (Å²) in [5.74, 6) is 2.24. The van der Waals surface area contributed by atoms with Gasteiger partial charge in [0.25, 0.3) is 10.0 Å². The molecule has 1 saturated carbocycles. The van der Waals surface area contributed by atoms with Crippen LogP contribution in [0.15, 0.2) is 21.4 Å². The lowest BCUT2D eigenvalue weighted by molar-refractivity contribution is 0.496. The Morgan fingerprint density at radius 3 is 2.48 bits per heavy atom. The molecule has 0 unspecified atom stereocenters. The summed E-state index contributed by atoms with van der Waals surface area (Å²) >= 11 is 0. The molecule has 2 aromatic rings. The Bertz CT molecular complexity index is 792. The van der Waals surface area contributed by atoms with Crippen molar-refractivity contribution >= 4 is 15.8 Å². The van der Waals surface area contributed by atoms with Crippen LogP contribution in [-0.2, 0) is 10.0 Å². The Balaban J connectivity index is 1.93. The van der Waals surface area contributed by atoms with E-state index in [-0.39, 0.29) is 4.90 Å². The Morgan fingerprint density at radius 2 is 1.90 bits per heavy atom. The lowest BCUT2D eigenvalue weighted by atomic mass is 10.3. The predicted molar refractivity (Wildman–Crippen MR) is 77.7 cm³/mol. The van der Waals surface area contributed by atoms with Crippen LogP contribution in [0.4, 0.5) is 5.82 Å². The van der Waals surface area contributed by atoms with E-state index in [0.717, 1.165) is 18.5 Å². The van der Waals surface area contributed by atoms with Gasteiger partial charge in [0.05, 0.1) is 0 Å². The Hall–Kier alpha value is -1.89. The first-order chi connectivity index (χ1) is 9.85. The topological polar surface area (TPSA) is 85.1 Å². The maximum Gasteiger partial charge on any atom is 0.266 e.